The van der Waals surface area contributed by atoms with Crippen LogP contribution in [0.2, 0.25) is 0 Å². The third-order valence-corrected chi connectivity index (χ3v) is 3.66. The molecule has 1 saturated carbocycles. The van der Waals surface area contributed by atoms with Gasteiger partial charge in [-0.05, 0) is 47.8 Å². The number of nitrogens with two attached hydrogens (primary N) is 1. The molecule has 3 N–H and O–H groups in total. The third-order valence-electron chi connectivity index (χ3n) is 3.22. The summed E-state index contributed by atoms with van der Waals surface area (Å²) in [7, 11) is 0. The summed E-state index contributed by atoms with van der Waals surface area (Å²) in [6.45, 7) is 1.87. The van der Waals surface area contributed by atoms with Gasteiger partial charge in [0.25, 0.3) is 0 Å². The summed E-state index contributed by atoms with van der Waals surface area (Å²) < 4.78 is 0.769. The summed E-state index contributed by atoms with van der Waals surface area (Å²) in [6, 6.07) is 3.67. The van der Waals surface area contributed by atoms with Crippen molar-refractivity contribution in [3.05, 3.63) is 22.4 Å². The van der Waals surface area contributed by atoms with Gasteiger partial charge in [-0.2, -0.15) is 0 Å². The lowest BCUT2D eigenvalue weighted by Gasteiger charge is -2.16. The van der Waals surface area contributed by atoms with E-state index in [-0.39, 0.29) is 17.9 Å². The van der Waals surface area contributed by atoms with Crippen molar-refractivity contribution < 1.29 is 4.79 Å². The summed E-state index contributed by atoms with van der Waals surface area (Å²) in [4.78, 5) is 16.3. The van der Waals surface area contributed by atoms with Crippen molar-refractivity contribution in [1.82, 2.24) is 4.98 Å². The standard InChI is InChI=1S/C12H16BrN3O/c1-7-10(5-6-11(13)15-7)16-12(17)8-3-2-4-9(8)14/h5-6,8-9H,2-4,14H2,1H3,(H,16,17). The summed E-state index contributed by atoms with van der Waals surface area (Å²) >= 11 is 3.29. The molecule has 2 unspecified atom stereocenters. The number of nitrogens with zero attached hydrogens (tertiary/aromatic N) is 1. The minimum absolute atomic E-state index is 0.00119. The van der Waals surface area contributed by atoms with Gasteiger partial charge in [0.1, 0.15) is 4.60 Å². The molecule has 5 heteroatoms. The van der Waals surface area contributed by atoms with E-state index >= 15 is 0 Å². The van der Waals surface area contributed by atoms with Crippen molar-refractivity contribution in [2.45, 2.75) is 32.2 Å². The van der Waals surface area contributed by atoms with Crippen molar-refractivity contribution in [2.75, 3.05) is 5.32 Å². The van der Waals surface area contributed by atoms with Crippen molar-refractivity contribution in [2.24, 2.45) is 11.7 Å². The molecule has 0 aliphatic heterocycles. The van der Waals surface area contributed by atoms with E-state index in [0.29, 0.717) is 0 Å². The Hall–Kier alpha value is -0.940. The number of hydrogen-bond acceptors (Lipinski definition) is 3. The Morgan fingerprint density at radius 3 is 2.88 bits per heavy atom. The van der Waals surface area contributed by atoms with Gasteiger partial charge in [0, 0.05) is 6.04 Å². The summed E-state index contributed by atoms with van der Waals surface area (Å²) in [6.07, 6.45) is 2.86. The van der Waals surface area contributed by atoms with Gasteiger partial charge >= 0.3 is 0 Å². The third kappa shape index (κ3) is 2.84. The van der Waals surface area contributed by atoms with Crippen LogP contribution in [0.1, 0.15) is 25.0 Å². The number of carbonyl (C=O) groups is 1. The zero-order valence-electron chi connectivity index (χ0n) is 9.74. The minimum atomic E-state index is -0.0574. The number of halogens is 1. The number of hydrogen-bond donors (Lipinski definition) is 2. The Morgan fingerprint density at radius 2 is 2.29 bits per heavy atom. The molecular weight excluding hydrogens is 282 g/mol. The van der Waals surface area contributed by atoms with E-state index in [2.05, 4.69) is 26.2 Å². The number of aryl methyl sites for hydroxylation is 1. The molecule has 0 aromatic carbocycles. The molecule has 0 spiro atoms. The van der Waals surface area contributed by atoms with Crippen LogP contribution >= 0.6 is 15.9 Å². The Labute approximate surface area is 109 Å². The van der Waals surface area contributed by atoms with Crippen LogP contribution < -0.4 is 11.1 Å². The zero-order valence-corrected chi connectivity index (χ0v) is 11.3. The van der Waals surface area contributed by atoms with Crippen LogP contribution in [0.4, 0.5) is 5.69 Å². The van der Waals surface area contributed by atoms with E-state index in [1.54, 1.807) is 0 Å². The predicted octanol–water partition coefficient (Wildman–Crippen LogP) is 2.22. The first-order valence-electron chi connectivity index (χ1n) is 5.77. The fourth-order valence-corrected chi connectivity index (χ4v) is 2.60. The van der Waals surface area contributed by atoms with Gasteiger partial charge in [-0.15, -0.1) is 0 Å². The maximum Gasteiger partial charge on any atom is 0.229 e. The number of rotatable bonds is 2. The molecular formula is C12H16BrN3O. The molecule has 1 heterocycles. The SMILES string of the molecule is Cc1nc(Br)ccc1NC(=O)C1CCCC1N. The fraction of sp³-hybridized carbons (Fsp3) is 0.500. The second-order valence-corrected chi connectivity index (χ2v) is 5.27. The number of aromatic nitrogens is 1. The van der Waals surface area contributed by atoms with Crippen molar-refractivity contribution in [3.8, 4) is 0 Å². The summed E-state index contributed by atoms with van der Waals surface area (Å²) in [5.41, 5.74) is 7.48. The smallest absolute Gasteiger partial charge is 0.229 e. The maximum atomic E-state index is 12.0. The molecule has 4 nitrogen and oxygen atoms in total. The van der Waals surface area contributed by atoms with E-state index in [9.17, 15) is 4.79 Å². The number of amides is 1. The van der Waals surface area contributed by atoms with E-state index in [4.69, 9.17) is 5.73 Å². The number of carbonyl (C=O) groups excluding carboxylic acids is 1. The highest BCUT2D eigenvalue weighted by Crippen LogP contribution is 2.26. The van der Waals surface area contributed by atoms with Crippen LogP contribution in [0.5, 0.6) is 0 Å². The first-order chi connectivity index (χ1) is 8.08. The van der Waals surface area contributed by atoms with Gasteiger partial charge in [0.05, 0.1) is 17.3 Å². The molecule has 1 aliphatic rings. The average molecular weight is 298 g/mol. The molecule has 2 atom stereocenters. The number of nitrogens with one attached hydrogen (secondary N) is 1. The molecule has 92 valence electrons. The Balaban J connectivity index is 2.07. The Bertz CT molecular complexity index is 436. The molecule has 2 rings (SSSR count). The van der Waals surface area contributed by atoms with Gasteiger partial charge in [0.2, 0.25) is 5.91 Å². The van der Waals surface area contributed by atoms with Crippen molar-refractivity contribution >= 4 is 27.5 Å². The number of anilines is 1. The highest BCUT2D eigenvalue weighted by Gasteiger charge is 2.30. The lowest BCUT2D eigenvalue weighted by molar-refractivity contribution is -0.120. The van der Waals surface area contributed by atoms with Gasteiger partial charge in [0.15, 0.2) is 0 Å². The van der Waals surface area contributed by atoms with Gasteiger partial charge < -0.3 is 11.1 Å². The monoisotopic (exact) mass is 297 g/mol. The molecule has 1 amide bonds. The normalized spacial score (nSPS) is 23.7. The highest BCUT2D eigenvalue weighted by atomic mass is 79.9. The van der Waals surface area contributed by atoms with Gasteiger partial charge in [-0.25, -0.2) is 4.98 Å². The molecule has 1 aliphatic carbocycles. The lowest BCUT2D eigenvalue weighted by atomic mass is 10.0. The number of pyridine rings is 1. The van der Waals surface area contributed by atoms with Gasteiger partial charge in [-0.3, -0.25) is 4.79 Å². The second-order valence-electron chi connectivity index (χ2n) is 4.46. The molecule has 1 aromatic heterocycles. The first-order valence-corrected chi connectivity index (χ1v) is 6.57. The predicted molar refractivity (Wildman–Crippen MR) is 70.6 cm³/mol. The van der Waals surface area contributed by atoms with Crippen LogP contribution in [0.25, 0.3) is 0 Å². The average Bonchev–Trinajstić information content (AvgIpc) is 2.68. The Morgan fingerprint density at radius 1 is 1.53 bits per heavy atom. The van der Waals surface area contributed by atoms with Crippen LogP contribution in [0.3, 0.4) is 0 Å². The van der Waals surface area contributed by atoms with Crippen LogP contribution in [0.15, 0.2) is 16.7 Å². The fourth-order valence-electron chi connectivity index (χ4n) is 2.20. The van der Waals surface area contributed by atoms with Crippen LogP contribution in [-0.2, 0) is 4.79 Å². The molecule has 1 fully saturated rings. The molecule has 1 aromatic rings. The molecule has 0 saturated heterocycles. The largest absolute Gasteiger partial charge is 0.327 e. The minimum Gasteiger partial charge on any atom is -0.327 e. The van der Waals surface area contributed by atoms with E-state index in [1.165, 1.54) is 0 Å². The van der Waals surface area contributed by atoms with Crippen LogP contribution in [-0.4, -0.2) is 16.9 Å². The first kappa shape index (κ1) is 12.5. The molecule has 0 bridgehead atoms. The second kappa shape index (κ2) is 5.14. The Kier molecular flexibility index (Phi) is 3.79. The zero-order chi connectivity index (χ0) is 12.4. The van der Waals surface area contributed by atoms with E-state index in [1.807, 2.05) is 19.1 Å². The van der Waals surface area contributed by atoms with E-state index < -0.39 is 0 Å². The maximum absolute atomic E-state index is 12.0. The molecule has 17 heavy (non-hydrogen) atoms. The highest BCUT2D eigenvalue weighted by molar-refractivity contribution is 9.10. The topological polar surface area (TPSA) is 68.0 Å². The lowest BCUT2D eigenvalue weighted by Crippen LogP contribution is -2.34. The van der Waals surface area contributed by atoms with E-state index in [0.717, 1.165) is 35.2 Å². The van der Waals surface area contributed by atoms with Crippen molar-refractivity contribution in [3.63, 3.8) is 0 Å². The van der Waals surface area contributed by atoms with Crippen molar-refractivity contribution in [1.29, 1.82) is 0 Å². The summed E-state index contributed by atoms with van der Waals surface area (Å²) in [5.74, 6) is -0.0414. The van der Waals surface area contributed by atoms with Crippen LogP contribution in [0, 0.1) is 12.8 Å². The summed E-state index contributed by atoms with van der Waals surface area (Å²) in [5, 5.41) is 2.91. The molecule has 0 radical (unpaired) electrons. The van der Waals surface area contributed by atoms with Gasteiger partial charge in [-0.1, -0.05) is 6.42 Å². The quantitative estimate of drug-likeness (QED) is 0.823.